The average Bonchev–Trinajstić information content (AvgIpc) is 2.64. The van der Waals surface area contributed by atoms with E-state index in [2.05, 4.69) is 13.2 Å². The van der Waals surface area contributed by atoms with Gasteiger partial charge in [0.15, 0.2) is 23.0 Å². The number of carbonyl (C=O) groups is 2. The Labute approximate surface area is 169 Å². The molecule has 0 heterocycles. The third-order valence-corrected chi connectivity index (χ3v) is 4.45. The lowest BCUT2D eigenvalue weighted by Gasteiger charge is -2.28. The van der Waals surface area contributed by atoms with Gasteiger partial charge < -0.3 is 19.7 Å². The minimum absolute atomic E-state index is 0.0204. The summed E-state index contributed by atoms with van der Waals surface area (Å²) in [6, 6.07) is 9.47. The molecular formula is C23H24O6. The molecule has 2 aromatic carbocycles. The van der Waals surface area contributed by atoms with Crippen molar-refractivity contribution in [3.8, 4) is 23.0 Å². The van der Waals surface area contributed by atoms with Gasteiger partial charge in [0.2, 0.25) is 0 Å². The Kier molecular flexibility index (Phi) is 6.17. The number of aromatic hydroxyl groups is 2. The molecule has 0 radical (unpaired) electrons. The lowest BCUT2D eigenvalue weighted by molar-refractivity contribution is -0.131. The Balaban J connectivity index is 2.51. The molecule has 0 spiro atoms. The number of hydrogen-bond acceptors (Lipinski definition) is 6. The zero-order chi connectivity index (χ0) is 21.9. The molecule has 152 valence electrons. The highest BCUT2D eigenvalue weighted by Gasteiger charge is 2.32. The SMILES string of the molecule is C=C(C)C(=O)Oc1cccc(C(C)(C)c2cccc(OC(=O)C(=C)C)c2O)c1O. The highest BCUT2D eigenvalue weighted by molar-refractivity contribution is 5.89. The summed E-state index contributed by atoms with van der Waals surface area (Å²) in [5.74, 6) is -1.84. The summed E-state index contributed by atoms with van der Waals surface area (Å²) in [5, 5.41) is 21.4. The molecule has 0 fully saturated rings. The third kappa shape index (κ3) is 4.48. The summed E-state index contributed by atoms with van der Waals surface area (Å²) in [4.78, 5) is 23.6. The monoisotopic (exact) mass is 396 g/mol. The first-order valence-corrected chi connectivity index (χ1v) is 8.87. The predicted octanol–water partition coefficient (Wildman–Crippen LogP) is 4.39. The second-order valence-electron chi connectivity index (χ2n) is 7.27. The molecule has 0 bridgehead atoms. The van der Waals surface area contributed by atoms with Crippen LogP contribution in [0.2, 0.25) is 0 Å². The van der Waals surface area contributed by atoms with E-state index in [4.69, 9.17) is 9.47 Å². The Bertz CT molecular complexity index is 921. The summed E-state index contributed by atoms with van der Waals surface area (Å²) in [5.41, 5.74) is 0.273. The summed E-state index contributed by atoms with van der Waals surface area (Å²) in [7, 11) is 0. The van der Waals surface area contributed by atoms with Crippen LogP contribution in [0.5, 0.6) is 23.0 Å². The average molecular weight is 396 g/mol. The summed E-state index contributed by atoms with van der Waals surface area (Å²) in [6.45, 7) is 13.6. The quantitative estimate of drug-likeness (QED) is 0.427. The van der Waals surface area contributed by atoms with E-state index in [1.807, 2.05) is 0 Å². The van der Waals surface area contributed by atoms with Crippen molar-refractivity contribution in [1.29, 1.82) is 0 Å². The first kappa shape index (κ1) is 21.8. The minimum Gasteiger partial charge on any atom is -0.504 e. The number of esters is 2. The van der Waals surface area contributed by atoms with Crippen LogP contribution in [0, 0.1) is 0 Å². The molecule has 0 aromatic heterocycles. The number of para-hydroxylation sites is 2. The third-order valence-electron chi connectivity index (χ3n) is 4.45. The predicted molar refractivity (Wildman–Crippen MR) is 109 cm³/mol. The number of phenolic OH excluding ortho intramolecular Hbond substituents is 2. The van der Waals surface area contributed by atoms with Gasteiger partial charge in [0.1, 0.15) is 0 Å². The maximum atomic E-state index is 11.8. The Morgan fingerprint density at radius 2 is 1.14 bits per heavy atom. The molecule has 0 atom stereocenters. The van der Waals surface area contributed by atoms with Crippen LogP contribution in [0.1, 0.15) is 38.8 Å². The number of ether oxygens (including phenoxy) is 2. The molecule has 0 aliphatic rings. The van der Waals surface area contributed by atoms with Crippen LogP contribution in [-0.4, -0.2) is 22.2 Å². The van der Waals surface area contributed by atoms with E-state index in [0.29, 0.717) is 11.1 Å². The molecule has 0 amide bonds. The van der Waals surface area contributed by atoms with Gasteiger partial charge in [0.25, 0.3) is 0 Å². The lowest BCUT2D eigenvalue weighted by atomic mass is 9.77. The molecular weight excluding hydrogens is 372 g/mol. The fraction of sp³-hybridized carbons (Fsp3) is 0.217. The largest absolute Gasteiger partial charge is 0.504 e. The molecule has 6 nitrogen and oxygen atoms in total. The van der Waals surface area contributed by atoms with E-state index in [-0.39, 0.29) is 34.1 Å². The van der Waals surface area contributed by atoms with Crippen molar-refractivity contribution in [3.63, 3.8) is 0 Å². The topological polar surface area (TPSA) is 93.1 Å². The smallest absolute Gasteiger partial charge is 0.338 e. The van der Waals surface area contributed by atoms with Crippen LogP contribution in [0.15, 0.2) is 60.7 Å². The molecule has 2 N–H and O–H groups in total. The van der Waals surface area contributed by atoms with Gasteiger partial charge in [-0.25, -0.2) is 9.59 Å². The molecule has 2 rings (SSSR count). The van der Waals surface area contributed by atoms with Crippen molar-refractivity contribution in [2.75, 3.05) is 0 Å². The Morgan fingerprint density at radius 1 is 0.793 bits per heavy atom. The first-order chi connectivity index (χ1) is 13.5. The van der Waals surface area contributed by atoms with E-state index in [1.54, 1.807) is 38.1 Å². The van der Waals surface area contributed by atoms with Crippen molar-refractivity contribution >= 4 is 11.9 Å². The molecule has 2 aromatic rings. The second kappa shape index (κ2) is 8.22. The van der Waals surface area contributed by atoms with Crippen molar-refractivity contribution < 1.29 is 29.3 Å². The van der Waals surface area contributed by atoms with Crippen LogP contribution in [0.4, 0.5) is 0 Å². The van der Waals surface area contributed by atoms with Gasteiger partial charge in [-0.3, -0.25) is 0 Å². The van der Waals surface area contributed by atoms with E-state index < -0.39 is 17.4 Å². The molecule has 6 heteroatoms. The molecule has 0 unspecified atom stereocenters. The molecule has 0 saturated heterocycles. The lowest BCUT2D eigenvalue weighted by Crippen LogP contribution is -2.20. The van der Waals surface area contributed by atoms with Crippen molar-refractivity contribution in [2.24, 2.45) is 0 Å². The molecule has 0 aliphatic carbocycles. The van der Waals surface area contributed by atoms with Gasteiger partial charge in [-0.2, -0.15) is 0 Å². The van der Waals surface area contributed by atoms with Gasteiger partial charge in [-0.05, 0) is 26.0 Å². The highest BCUT2D eigenvalue weighted by Crippen LogP contribution is 2.46. The fourth-order valence-corrected chi connectivity index (χ4v) is 2.74. The zero-order valence-corrected chi connectivity index (χ0v) is 16.9. The van der Waals surface area contributed by atoms with E-state index in [1.165, 1.54) is 26.0 Å². The summed E-state index contributed by atoms with van der Waals surface area (Å²) < 4.78 is 10.4. The molecule has 0 saturated carbocycles. The minimum atomic E-state index is -0.925. The Morgan fingerprint density at radius 3 is 1.45 bits per heavy atom. The second-order valence-corrected chi connectivity index (χ2v) is 7.27. The van der Waals surface area contributed by atoms with Crippen LogP contribution in [0.3, 0.4) is 0 Å². The number of rotatable bonds is 6. The van der Waals surface area contributed by atoms with Crippen molar-refractivity contribution in [1.82, 2.24) is 0 Å². The van der Waals surface area contributed by atoms with Gasteiger partial charge in [0.05, 0.1) is 0 Å². The van der Waals surface area contributed by atoms with Gasteiger partial charge in [0, 0.05) is 27.7 Å². The van der Waals surface area contributed by atoms with E-state index >= 15 is 0 Å². The number of hydrogen-bond donors (Lipinski definition) is 2. The number of carbonyl (C=O) groups excluding carboxylic acids is 2. The van der Waals surface area contributed by atoms with Crippen molar-refractivity contribution in [3.05, 3.63) is 71.8 Å². The standard InChI is InChI=1S/C23H24O6/c1-13(2)21(26)28-17-11-7-9-15(19(17)24)23(5,6)16-10-8-12-18(20(16)25)29-22(27)14(3)4/h7-12,24-25H,1,3H2,2,4-6H3. The van der Waals surface area contributed by atoms with Crippen LogP contribution < -0.4 is 9.47 Å². The number of benzene rings is 2. The fourth-order valence-electron chi connectivity index (χ4n) is 2.74. The van der Waals surface area contributed by atoms with Crippen LogP contribution in [0.25, 0.3) is 0 Å². The first-order valence-electron chi connectivity index (χ1n) is 8.87. The van der Waals surface area contributed by atoms with Crippen molar-refractivity contribution in [2.45, 2.75) is 33.1 Å². The van der Waals surface area contributed by atoms with E-state index in [0.717, 1.165) is 0 Å². The van der Waals surface area contributed by atoms with Crippen LogP contribution >= 0.6 is 0 Å². The van der Waals surface area contributed by atoms with Gasteiger partial charge in [-0.1, -0.05) is 51.3 Å². The Hall–Kier alpha value is -3.54. The number of phenols is 2. The summed E-state index contributed by atoms with van der Waals surface area (Å²) >= 11 is 0. The van der Waals surface area contributed by atoms with Gasteiger partial charge >= 0.3 is 11.9 Å². The molecule has 29 heavy (non-hydrogen) atoms. The molecule has 0 aliphatic heterocycles. The maximum Gasteiger partial charge on any atom is 0.338 e. The van der Waals surface area contributed by atoms with Crippen LogP contribution in [-0.2, 0) is 15.0 Å². The van der Waals surface area contributed by atoms with Gasteiger partial charge in [-0.15, -0.1) is 0 Å². The summed E-state index contributed by atoms with van der Waals surface area (Å²) in [6.07, 6.45) is 0. The zero-order valence-electron chi connectivity index (χ0n) is 16.9. The normalized spacial score (nSPS) is 10.9. The maximum absolute atomic E-state index is 11.8. The highest BCUT2D eigenvalue weighted by atomic mass is 16.5. The van der Waals surface area contributed by atoms with E-state index in [9.17, 15) is 19.8 Å².